The molecule has 0 aliphatic carbocycles. The van der Waals surface area contributed by atoms with Gasteiger partial charge >= 0.3 is 0 Å². The molecule has 0 radical (unpaired) electrons. The summed E-state index contributed by atoms with van der Waals surface area (Å²) in [7, 11) is 0. The lowest BCUT2D eigenvalue weighted by Gasteiger charge is -2.34. The molecule has 3 aromatic rings. The van der Waals surface area contributed by atoms with Crippen LogP contribution in [0.3, 0.4) is 0 Å². The highest BCUT2D eigenvalue weighted by Gasteiger charge is 2.45. The maximum absolute atomic E-state index is 10.9. The second-order valence-corrected chi connectivity index (χ2v) is 9.44. The number of aromatic nitrogens is 2. The first kappa shape index (κ1) is 23.9. The highest BCUT2D eigenvalue weighted by atomic mass is 35.5. The van der Waals surface area contributed by atoms with Crippen LogP contribution in [0.25, 0.3) is 0 Å². The van der Waals surface area contributed by atoms with Gasteiger partial charge in [0.25, 0.3) is 0 Å². The Hall–Kier alpha value is -2.78. The normalized spacial score (nSPS) is 22.4. The van der Waals surface area contributed by atoms with Crippen molar-refractivity contribution in [2.24, 2.45) is 0 Å². The third-order valence-electron chi connectivity index (χ3n) is 6.25. The van der Waals surface area contributed by atoms with E-state index in [1.165, 1.54) is 0 Å². The summed E-state index contributed by atoms with van der Waals surface area (Å²) in [5.74, 6) is -0.329. The predicted molar refractivity (Wildman–Crippen MR) is 133 cm³/mol. The molecule has 2 aliphatic heterocycles. The third kappa shape index (κ3) is 5.41. The Morgan fingerprint density at radius 3 is 2.60 bits per heavy atom. The Kier molecular flexibility index (Phi) is 7.15. The smallest absolute Gasteiger partial charge is 0.215 e. The van der Waals surface area contributed by atoms with E-state index < -0.39 is 5.79 Å². The average molecular weight is 517 g/mol. The summed E-state index contributed by atoms with van der Waals surface area (Å²) in [6.07, 6.45) is 5.89. The van der Waals surface area contributed by atoms with Crippen molar-refractivity contribution in [2.45, 2.75) is 18.4 Å². The van der Waals surface area contributed by atoms with Gasteiger partial charge in [-0.25, -0.2) is 4.98 Å². The molecule has 2 aromatic carbocycles. The van der Waals surface area contributed by atoms with Crippen LogP contribution in [0.1, 0.15) is 5.56 Å². The number of amides is 1. The molecule has 35 heavy (non-hydrogen) atoms. The van der Waals surface area contributed by atoms with Crippen LogP contribution in [0.2, 0.25) is 10.0 Å². The SMILES string of the molecule is O=CN1CCN(c2ccc(OC[C@@H]3CO[C@@](Cn4ccnc4)(c4ccc(Cl)cc4Cl)O3)cc2)CC1. The van der Waals surface area contributed by atoms with E-state index in [1.807, 2.05) is 41.1 Å². The van der Waals surface area contributed by atoms with Gasteiger partial charge in [-0.15, -0.1) is 0 Å². The molecule has 2 fully saturated rings. The number of hydrogen-bond donors (Lipinski definition) is 0. The van der Waals surface area contributed by atoms with E-state index in [9.17, 15) is 4.79 Å². The minimum atomic E-state index is -1.08. The first-order chi connectivity index (χ1) is 17.0. The highest BCUT2D eigenvalue weighted by Crippen LogP contribution is 2.40. The molecule has 0 N–H and O–H groups in total. The summed E-state index contributed by atoms with van der Waals surface area (Å²) in [5.41, 5.74) is 1.82. The molecular formula is C25H26Cl2N4O4. The number of piperazine rings is 1. The standard InChI is InChI=1S/C25H26Cl2N4O4/c26-19-1-6-23(24(27)13-19)25(16-30-8-7-28-17-30)34-15-22(35-25)14-33-21-4-2-20(3-5-21)31-11-9-29(18-32)10-12-31/h1-8,13,17-18,22H,9-12,14-16H2/t22-,25-/m1/s1. The number of anilines is 1. The number of nitrogens with zero attached hydrogens (tertiary/aromatic N) is 4. The van der Waals surface area contributed by atoms with Crippen LogP contribution in [-0.4, -0.2) is 66.4 Å². The first-order valence-corrected chi connectivity index (χ1v) is 12.2. The summed E-state index contributed by atoms with van der Waals surface area (Å²) in [4.78, 5) is 19.1. The number of hydrogen-bond acceptors (Lipinski definition) is 6. The molecule has 0 spiro atoms. The molecule has 0 saturated carbocycles. The summed E-state index contributed by atoms with van der Waals surface area (Å²) < 4.78 is 20.6. The minimum Gasteiger partial charge on any atom is -0.491 e. The number of imidazole rings is 1. The van der Waals surface area contributed by atoms with Gasteiger partial charge in [-0.2, -0.15) is 0 Å². The predicted octanol–water partition coefficient (Wildman–Crippen LogP) is 3.82. The van der Waals surface area contributed by atoms with E-state index in [1.54, 1.807) is 29.6 Å². The fourth-order valence-corrected chi connectivity index (χ4v) is 4.96. The average Bonchev–Trinajstić information content (AvgIpc) is 3.54. The Morgan fingerprint density at radius 2 is 1.91 bits per heavy atom. The maximum atomic E-state index is 10.9. The Balaban J connectivity index is 1.23. The van der Waals surface area contributed by atoms with Gasteiger partial charge in [0.2, 0.25) is 12.2 Å². The van der Waals surface area contributed by atoms with Gasteiger partial charge in [-0.3, -0.25) is 4.79 Å². The summed E-state index contributed by atoms with van der Waals surface area (Å²) in [6.45, 7) is 4.17. The molecule has 2 saturated heterocycles. The van der Waals surface area contributed by atoms with Crippen LogP contribution in [0.5, 0.6) is 5.75 Å². The van der Waals surface area contributed by atoms with Crippen molar-refractivity contribution in [3.05, 3.63) is 76.8 Å². The maximum Gasteiger partial charge on any atom is 0.215 e. The van der Waals surface area contributed by atoms with Crippen molar-refractivity contribution in [3.63, 3.8) is 0 Å². The topological polar surface area (TPSA) is 69.1 Å². The van der Waals surface area contributed by atoms with Crippen molar-refractivity contribution in [1.82, 2.24) is 14.5 Å². The fourth-order valence-electron chi connectivity index (χ4n) is 4.40. The van der Waals surface area contributed by atoms with Crippen molar-refractivity contribution in [2.75, 3.05) is 44.3 Å². The van der Waals surface area contributed by atoms with Gasteiger partial charge in [0.15, 0.2) is 0 Å². The lowest BCUT2D eigenvalue weighted by Crippen LogP contribution is -2.45. The Bertz CT molecular complexity index is 1140. The molecule has 8 nitrogen and oxygen atoms in total. The van der Waals surface area contributed by atoms with Gasteiger partial charge in [0.05, 0.1) is 24.5 Å². The molecule has 1 amide bonds. The molecule has 10 heteroatoms. The first-order valence-electron chi connectivity index (χ1n) is 11.4. The zero-order valence-corrected chi connectivity index (χ0v) is 20.6. The Morgan fingerprint density at radius 1 is 1.11 bits per heavy atom. The van der Waals surface area contributed by atoms with Crippen molar-refractivity contribution >= 4 is 35.3 Å². The molecule has 2 atom stereocenters. The number of carbonyl (C=O) groups excluding carboxylic acids is 1. The van der Waals surface area contributed by atoms with Gasteiger partial charge in [-0.05, 0) is 36.4 Å². The zero-order valence-electron chi connectivity index (χ0n) is 19.1. The fraction of sp³-hybridized carbons (Fsp3) is 0.360. The lowest BCUT2D eigenvalue weighted by atomic mass is 10.1. The number of carbonyl (C=O) groups is 1. The zero-order chi connectivity index (χ0) is 24.3. The molecule has 3 heterocycles. The quantitative estimate of drug-likeness (QED) is 0.424. The van der Waals surface area contributed by atoms with Crippen LogP contribution in [0, 0.1) is 0 Å². The van der Waals surface area contributed by atoms with Gasteiger partial charge in [0.1, 0.15) is 18.5 Å². The second kappa shape index (κ2) is 10.5. The summed E-state index contributed by atoms with van der Waals surface area (Å²) in [5, 5.41) is 1.02. The number of rotatable bonds is 8. The lowest BCUT2D eigenvalue weighted by molar-refractivity contribution is -0.189. The van der Waals surface area contributed by atoms with Crippen LogP contribution >= 0.6 is 23.2 Å². The molecule has 1 aromatic heterocycles. The van der Waals surface area contributed by atoms with E-state index in [0.717, 1.165) is 44.0 Å². The number of halogens is 2. The molecule has 0 unspecified atom stereocenters. The van der Waals surface area contributed by atoms with Crippen LogP contribution in [0.15, 0.2) is 61.2 Å². The summed E-state index contributed by atoms with van der Waals surface area (Å²) >= 11 is 12.6. The van der Waals surface area contributed by atoms with E-state index in [-0.39, 0.29) is 6.10 Å². The molecule has 184 valence electrons. The second-order valence-electron chi connectivity index (χ2n) is 8.60. The van der Waals surface area contributed by atoms with E-state index >= 15 is 0 Å². The minimum absolute atomic E-state index is 0.290. The van der Waals surface area contributed by atoms with Crippen molar-refractivity contribution in [1.29, 1.82) is 0 Å². The number of benzene rings is 2. The van der Waals surface area contributed by atoms with E-state index in [2.05, 4.69) is 9.88 Å². The van der Waals surface area contributed by atoms with Crippen molar-refractivity contribution in [3.8, 4) is 5.75 Å². The van der Waals surface area contributed by atoms with Crippen LogP contribution < -0.4 is 9.64 Å². The van der Waals surface area contributed by atoms with Gasteiger partial charge in [0, 0.05) is 54.8 Å². The summed E-state index contributed by atoms with van der Waals surface area (Å²) in [6, 6.07) is 13.3. The van der Waals surface area contributed by atoms with E-state index in [0.29, 0.717) is 35.4 Å². The monoisotopic (exact) mass is 516 g/mol. The highest BCUT2D eigenvalue weighted by molar-refractivity contribution is 6.35. The van der Waals surface area contributed by atoms with Crippen molar-refractivity contribution < 1.29 is 19.0 Å². The molecule has 2 aliphatic rings. The Labute approximate surface area is 213 Å². The van der Waals surface area contributed by atoms with Crippen LogP contribution in [0.4, 0.5) is 5.69 Å². The molecular weight excluding hydrogens is 491 g/mol. The number of ether oxygens (including phenoxy) is 3. The third-order valence-corrected chi connectivity index (χ3v) is 6.80. The largest absolute Gasteiger partial charge is 0.491 e. The van der Waals surface area contributed by atoms with Crippen LogP contribution in [-0.2, 0) is 26.6 Å². The van der Waals surface area contributed by atoms with Gasteiger partial charge in [-0.1, -0.05) is 29.3 Å². The molecule has 5 rings (SSSR count). The van der Waals surface area contributed by atoms with Gasteiger partial charge < -0.3 is 28.6 Å². The molecule has 0 bridgehead atoms. The van der Waals surface area contributed by atoms with E-state index in [4.69, 9.17) is 37.4 Å².